The summed E-state index contributed by atoms with van der Waals surface area (Å²) >= 11 is 0. The van der Waals surface area contributed by atoms with E-state index in [0.717, 1.165) is 11.1 Å². The van der Waals surface area contributed by atoms with Gasteiger partial charge in [0, 0.05) is 11.8 Å². The third-order valence-corrected chi connectivity index (χ3v) is 3.74. The molecule has 2 aromatic carbocycles. The van der Waals surface area contributed by atoms with E-state index >= 15 is 0 Å². The Kier molecular flexibility index (Phi) is 4.08. The van der Waals surface area contributed by atoms with E-state index in [1.165, 1.54) is 0 Å². The Morgan fingerprint density at radius 1 is 0.900 bits per heavy atom. The molecule has 2 N–H and O–H groups in total. The van der Waals surface area contributed by atoms with Gasteiger partial charge in [0.05, 0.1) is 0 Å². The average molecular weight is 269 g/mol. The summed E-state index contributed by atoms with van der Waals surface area (Å²) in [6, 6.07) is 14.0. The van der Waals surface area contributed by atoms with E-state index in [4.69, 9.17) is 0 Å². The molecule has 103 valence electrons. The molecular weight excluding hydrogens is 252 g/mol. The Hall–Kier alpha value is -2.29. The molecule has 0 aliphatic rings. The van der Waals surface area contributed by atoms with E-state index in [1.54, 1.807) is 24.3 Å². The van der Waals surface area contributed by atoms with Gasteiger partial charge in [-0.15, -0.1) is 0 Å². The van der Waals surface area contributed by atoms with Crippen LogP contribution in [0.15, 0.2) is 48.5 Å². The second-order valence-corrected chi connectivity index (χ2v) is 5.07. The molecule has 0 aromatic heterocycles. The fourth-order valence-corrected chi connectivity index (χ4v) is 2.41. The monoisotopic (exact) mass is 269 g/mol. The zero-order valence-electron chi connectivity index (χ0n) is 11.3. The fourth-order valence-electron chi connectivity index (χ4n) is 2.41. The standard InChI is InChI=1S/C17H17O3/c1-17(11-2-12-18,13-3-7-15(19)8-4-13)14-5-9-16(20)10-6-14/h3-10,19-20H,2,11H2,1H3. The van der Waals surface area contributed by atoms with Crippen LogP contribution in [0.25, 0.3) is 0 Å². The summed E-state index contributed by atoms with van der Waals surface area (Å²) in [6.07, 6.45) is 2.89. The van der Waals surface area contributed by atoms with Gasteiger partial charge in [-0.05, 0) is 41.8 Å². The van der Waals surface area contributed by atoms with Gasteiger partial charge in [-0.2, -0.15) is 0 Å². The zero-order chi connectivity index (χ0) is 14.6. The van der Waals surface area contributed by atoms with Gasteiger partial charge in [0.1, 0.15) is 11.5 Å². The van der Waals surface area contributed by atoms with Crippen molar-refractivity contribution in [3.63, 3.8) is 0 Å². The smallest absolute Gasteiger partial charge is 0.198 e. The highest BCUT2D eigenvalue weighted by Gasteiger charge is 2.28. The van der Waals surface area contributed by atoms with Crippen molar-refractivity contribution < 1.29 is 15.0 Å². The van der Waals surface area contributed by atoms with Crippen LogP contribution in [0.2, 0.25) is 0 Å². The molecule has 0 bridgehead atoms. The lowest BCUT2D eigenvalue weighted by atomic mass is 9.73. The van der Waals surface area contributed by atoms with Crippen LogP contribution in [-0.4, -0.2) is 16.5 Å². The predicted molar refractivity (Wildman–Crippen MR) is 77.6 cm³/mol. The Morgan fingerprint density at radius 3 is 1.65 bits per heavy atom. The summed E-state index contributed by atoms with van der Waals surface area (Å²) in [5.74, 6) is 0.424. The van der Waals surface area contributed by atoms with Crippen molar-refractivity contribution in [2.45, 2.75) is 25.2 Å². The summed E-state index contributed by atoms with van der Waals surface area (Å²) in [6.45, 7) is 2.04. The number of benzene rings is 2. The SMILES string of the molecule is CC(CC[C]=O)(c1ccc(O)cc1)c1ccc(O)cc1. The van der Waals surface area contributed by atoms with Crippen LogP contribution >= 0.6 is 0 Å². The molecule has 20 heavy (non-hydrogen) atoms. The minimum absolute atomic E-state index is 0.212. The van der Waals surface area contributed by atoms with Crippen LogP contribution in [0.4, 0.5) is 0 Å². The molecular formula is C17H17O3. The summed E-state index contributed by atoms with van der Waals surface area (Å²) in [4.78, 5) is 10.6. The lowest BCUT2D eigenvalue weighted by molar-refractivity contribution is 0.470. The van der Waals surface area contributed by atoms with E-state index in [2.05, 4.69) is 0 Å². The highest BCUT2D eigenvalue weighted by atomic mass is 16.3. The summed E-state index contributed by atoms with van der Waals surface area (Å²) in [5.41, 5.74) is 1.66. The second-order valence-electron chi connectivity index (χ2n) is 5.07. The van der Waals surface area contributed by atoms with Gasteiger partial charge in [-0.25, -0.2) is 0 Å². The first-order valence-electron chi connectivity index (χ1n) is 6.50. The van der Waals surface area contributed by atoms with E-state index in [-0.39, 0.29) is 16.9 Å². The van der Waals surface area contributed by atoms with Gasteiger partial charge in [-0.1, -0.05) is 31.2 Å². The molecule has 1 radical (unpaired) electrons. The highest BCUT2D eigenvalue weighted by Crippen LogP contribution is 2.37. The predicted octanol–water partition coefficient (Wildman–Crippen LogP) is 3.29. The zero-order valence-corrected chi connectivity index (χ0v) is 11.3. The van der Waals surface area contributed by atoms with Gasteiger partial charge in [-0.3, -0.25) is 4.79 Å². The van der Waals surface area contributed by atoms with Crippen molar-refractivity contribution in [1.29, 1.82) is 0 Å². The van der Waals surface area contributed by atoms with Crippen LogP contribution in [0, 0.1) is 0 Å². The third-order valence-electron chi connectivity index (χ3n) is 3.74. The van der Waals surface area contributed by atoms with Crippen LogP contribution in [0.3, 0.4) is 0 Å². The third kappa shape index (κ3) is 2.82. The Labute approximate surface area is 118 Å². The molecule has 3 heteroatoms. The molecule has 0 spiro atoms. The number of phenolic OH excluding ortho intramolecular Hbond substituents is 2. The molecule has 2 aromatic rings. The number of hydrogen-bond acceptors (Lipinski definition) is 3. The Balaban J connectivity index is 2.46. The molecule has 0 heterocycles. The van der Waals surface area contributed by atoms with E-state index in [9.17, 15) is 15.0 Å². The number of carbonyl (C=O) groups excluding carboxylic acids is 1. The van der Waals surface area contributed by atoms with Gasteiger partial charge in [0.2, 0.25) is 0 Å². The Morgan fingerprint density at radius 2 is 1.30 bits per heavy atom. The molecule has 0 saturated carbocycles. The van der Waals surface area contributed by atoms with Crippen molar-refractivity contribution in [2.24, 2.45) is 0 Å². The molecule has 0 unspecified atom stereocenters. The molecule has 2 rings (SSSR count). The summed E-state index contributed by atoms with van der Waals surface area (Å²) in [5, 5.41) is 18.8. The minimum Gasteiger partial charge on any atom is -0.508 e. The van der Waals surface area contributed by atoms with Crippen LogP contribution in [0.5, 0.6) is 11.5 Å². The topological polar surface area (TPSA) is 57.5 Å². The molecule has 0 atom stereocenters. The van der Waals surface area contributed by atoms with Crippen LogP contribution in [-0.2, 0) is 10.2 Å². The summed E-state index contributed by atoms with van der Waals surface area (Å²) in [7, 11) is 0. The lowest BCUT2D eigenvalue weighted by Gasteiger charge is -2.30. The molecule has 0 amide bonds. The van der Waals surface area contributed by atoms with Gasteiger partial charge < -0.3 is 10.2 Å². The first-order chi connectivity index (χ1) is 9.56. The first-order valence-corrected chi connectivity index (χ1v) is 6.50. The van der Waals surface area contributed by atoms with E-state index < -0.39 is 0 Å². The van der Waals surface area contributed by atoms with Crippen molar-refractivity contribution >= 4 is 6.29 Å². The normalized spacial score (nSPS) is 11.2. The lowest BCUT2D eigenvalue weighted by Crippen LogP contribution is -2.23. The number of hydrogen-bond donors (Lipinski definition) is 2. The maximum absolute atomic E-state index is 10.6. The van der Waals surface area contributed by atoms with Crippen molar-refractivity contribution in [2.75, 3.05) is 0 Å². The van der Waals surface area contributed by atoms with Crippen LogP contribution < -0.4 is 0 Å². The van der Waals surface area contributed by atoms with E-state index in [0.29, 0.717) is 12.8 Å². The molecule has 0 saturated heterocycles. The minimum atomic E-state index is -0.362. The first kappa shape index (κ1) is 14.1. The summed E-state index contributed by atoms with van der Waals surface area (Å²) < 4.78 is 0. The van der Waals surface area contributed by atoms with Gasteiger partial charge in [0.25, 0.3) is 0 Å². The maximum Gasteiger partial charge on any atom is 0.198 e. The van der Waals surface area contributed by atoms with Crippen LogP contribution in [0.1, 0.15) is 30.9 Å². The van der Waals surface area contributed by atoms with Gasteiger partial charge in [0.15, 0.2) is 6.29 Å². The largest absolute Gasteiger partial charge is 0.508 e. The fraction of sp³-hybridized carbons (Fsp3) is 0.235. The number of phenols is 2. The van der Waals surface area contributed by atoms with Crippen molar-refractivity contribution in [1.82, 2.24) is 0 Å². The Bertz CT molecular complexity index is 525. The number of rotatable bonds is 5. The molecule has 0 aliphatic heterocycles. The van der Waals surface area contributed by atoms with Crippen molar-refractivity contribution in [3.05, 3.63) is 59.7 Å². The van der Waals surface area contributed by atoms with Crippen molar-refractivity contribution in [3.8, 4) is 11.5 Å². The quantitative estimate of drug-likeness (QED) is 0.875. The highest BCUT2D eigenvalue weighted by molar-refractivity contribution is 5.52. The molecule has 0 aliphatic carbocycles. The second kappa shape index (κ2) is 5.78. The maximum atomic E-state index is 10.6. The number of aromatic hydroxyl groups is 2. The van der Waals surface area contributed by atoms with E-state index in [1.807, 2.05) is 37.5 Å². The average Bonchev–Trinajstić information content (AvgIpc) is 2.46. The van der Waals surface area contributed by atoms with Gasteiger partial charge >= 0.3 is 0 Å². The molecule has 3 nitrogen and oxygen atoms in total. The molecule has 0 fully saturated rings.